The Hall–Kier alpha value is -2.77. The van der Waals surface area contributed by atoms with Crippen molar-refractivity contribution in [1.29, 1.82) is 0 Å². The van der Waals surface area contributed by atoms with Gasteiger partial charge in [0.2, 0.25) is 5.91 Å². The largest absolute Gasteiger partial charge is 0.479 e. The van der Waals surface area contributed by atoms with E-state index in [0.29, 0.717) is 10.9 Å². The van der Waals surface area contributed by atoms with Crippen LogP contribution < -0.4 is 11.0 Å². The Balaban J connectivity index is 1.39. The number of anilines is 1. The van der Waals surface area contributed by atoms with E-state index in [4.69, 9.17) is 9.26 Å². The average Bonchev–Trinajstić information content (AvgIpc) is 3.15. The molecule has 6 unspecified atom stereocenters. The number of aliphatic hydroxyl groups excluding tert-OH is 2. The monoisotopic (exact) mass is 583 g/mol. The van der Waals surface area contributed by atoms with Gasteiger partial charge in [-0.25, -0.2) is 13.7 Å². The first kappa shape index (κ1) is 29.2. The minimum Gasteiger partial charge on any atom is -0.387 e. The Morgan fingerprint density at radius 3 is 2.54 bits per heavy atom. The number of hydrogen-bond donors (Lipinski definition) is 5. The number of ether oxygens (including phenoxy) is 1. The first-order chi connectivity index (χ1) is 18.4. The quantitative estimate of drug-likeness (QED) is 0.217. The van der Waals surface area contributed by atoms with E-state index < -0.39 is 58.4 Å². The minimum absolute atomic E-state index is 0.0219. The van der Waals surface area contributed by atoms with E-state index in [1.54, 1.807) is 49.4 Å². The molecule has 1 aliphatic rings. The molecule has 14 nitrogen and oxygen atoms in total. The summed E-state index contributed by atoms with van der Waals surface area (Å²) in [4.78, 5) is 47.9. The molecule has 1 saturated heterocycles. The van der Waals surface area contributed by atoms with Crippen molar-refractivity contribution in [3.63, 3.8) is 0 Å². The second-order valence-electron chi connectivity index (χ2n) is 8.73. The van der Waals surface area contributed by atoms with Gasteiger partial charge in [-0.05, 0) is 22.4 Å². The third-order valence-electron chi connectivity index (χ3n) is 5.91. The molecule has 2 heterocycles. The molecule has 1 amide bonds. The average molecular weight is 583 g/mol. The number of carbonyl (C=O) groups is 1. The molecule has 0 saturated carbocycles. The number of aromatic nitrogens is 2. The summed E-state index contributed by atoms with van der Waals surface area (Å²) in [6, 6.07) is 13.4. The maximum atomic E-state index is 12.7. The molecule has 6 atom stereocenters. The van der Waals surface area contributed by atoms with Crippen molar-refractivity contribution < 1.29 is 47.5 Å². The van der Waals surface area contributed by atoms with Crippen LogP contribution in [0.2, 0.25) is 0 Å². The molecule has 0 radical (unpaired) electrons. The van der Waals surface area contributed by atoms with Crippen molar-refractivity contribution in [2.24, 2.45) is 0 Å². The van der Waals surface area contributed by atoms with Crippen LogP contribution in [0.4, 0.5) is 5.82 Å². The Labute approximate surface area is 222 Å². The predicted molar refractivity (Wildman–Crippen MR) is 138 cm³/mol. The Morgan fingerprint density at radius 1 is 1.10 bits per heavy atom. The van der Waals surface area contributed by atoms with Crippen molar-refractivity contribution in [2.75, 3.05) is 11.9 Å². The lowest BCUT2D eigenvalue weighted by Crippen LogP contribution is -2.36. The van der Waals surface area contributed by atoms with Crippen molar-refractivity contribution in [3.05, 3.63) is 70.8 Å². The van der Waals surface area contributed by atoms with Crippen LogP contribution in [0, 0.1) is 0 Å². The van der Waals surface area contributed by atoms with Crippen molar-refractivity contribution in [1.82, 2.24) is 9.55 Å². The summed E-state index contributed by atoms with van der Waals surface area (Å²) in [5, 5.41) is 24.6. The fourth-order valence-electron chi connectivity index (χ4n) is 4.03. The zero-order valence-electron chi connectivity index (χ0n) is 20.6. The van der Waals surface area contributed by atoms with Crippen molar-refractivity contribution >= 4 is 37.9 Å². The highest BCUT2D eigenvalue weighted by atomic mass is 31.3. The van der Waals surface area contributed by atoms with E-state index >= 15 is 0 Å². The third kappa shape index (κ3) is 7.06. The van der Waals surface area contributed by atoms with Crippen molar-refractivity contribution in [3.8, 4) is 0 Å². The molecule has 3 aromatic rings. The van der Waals surface area contributed by atoms with E-state index in [0.717, 1.165) is 9.95 Å². The van der Waals surface area contributed by atoms with Gasteiger partial charge >= 0.3 is 21.1 Å². The highest BCUT2D eigenvalue weighted by molar-refractivity contribution is 7.63. The highest BCUT2D eigenvalue weighted by Gasteiger charge is 2.46. The maximum absolute atomic E-state index is 12.7. The zero-order chi connectivity index (χ0) is 28.4. The van der Waals surface area contributed by atoms with E-state index in [9.17, 15) is 38.7 Å². The summed E-state index contributed by atoms with van der Waals surface area (Å²) in [5.41, 5.74) is -0.494. The standard InChI is InChI=1S/C23H27N3O11P2/c1-2-19(27)24-18-10-11-26(23(30)25-18)22-21(29)20(28)17(36-22)12-35-39(33,34)37-38(31,32)13-15-8-5-7-14-6-3-4-9-16(14)15/h3-11,17,20-22,28-29H,2,12-13H2,1H3,(H,31,32)(H,33,34)(H,24,25,27,30). The van der Waals surface area contributed by atoms with Crippen LogP contribution in [0.3, 0.4) is 0 Å². The molecule has 0 bridgehead atoms. The number of nitrogens with one attached hydrogen (secondary N) is 1. The van der Waals surface area contributed by atoms with Crippen LogP contribution >= 0.6 is 15.4 Å². The molecule has 1 aliphatic heterocycles. The molecule has 1 fully saturated rings. The summed E-state index contributed by atoms with van der Waals surface area (Å²) >= 11 is 0. The van der Waals surface area contributed by atoms with Gasteiger partial charge in [0.25, 0.3) is 0 Å². The first-order valence-corrected chi connectivity index (χ1v) is 15.0. The number of amides is 1. The molecule has 2 aromatic carbocycles. The van der Waals surface area contributed by atoms with Crippen LogP contribution in [0.25, 0.3) is 10.8 Å². The first-order valence-electron chi connectivity index (χ1n) is 11.8. The second kappa shape index (κ2) is 11.8. The normalized spacial score (nSPS) is 24.2. The molecular weight excluding hydrogens is 556 g/mol. The molecule has 1 aromatic heterocycles. The summed E-state index contributed by atoms with van der Waals surface area (Å²) in [6.45, 7) is 0.785. The third-order valence-corrected chi connectivity index (χ3v) is 8.97. The number of rotatable bonds is 10. The van der Waals surface area contributed by atoms with E-state index in [1.807, 2.05) is 0 Å². The van der Waals surface area contributed by atoms with Gasteiger partial charge < -0.3 is 30.1 Å². The molecule has 4 rings (SSSR count). The minimum atomic E-state index is -5.14. The van der Waals surface area contributed by atoms with Crippen LogP contribution in [0.5, 0.6) is 0 Å². The van der Waals surface area contributed by atoms with Gasteiger partial charge in [-0.3, -0.25) is 18.5 Å². The van der Waals surface area contributed by atoms with Gasteiger partial charge in [-0.15, -0.1) is 0 Å². The van der Waals surface area contributed by atoms with Gasteiger partial charge in [0.15, 0.2) is 6.23 Å². The molecule has 0 spiro atoms. The summed E-state index contributed by atoms with van der Waals surface area (Å²) < 4.78 is 40.8. The number of aliphatic hydroxyl groups is 2. The molecule has 0 aliphatic carbocycles. The van der Waals surface area contributed by atoms with Gasteiger partial charge in [0.05, 0.1) is 12.8 Å². The summed E-state index contributed by atoms with van der Waals surface area (Å²) in [7, 11) is -9.83. The second-order valence-corrected chi connectivity index (χ2v) is 12.2. The molecule has 39 heavy (non-hydrogen) atoms. The van der Waals surface area contributed by atoms with Crippen LogP contribution in [0.15, 0.2) is 59.5 Å². The fraction of sp³-hybridized carbons (Fsp3) is 0.348. The smallest absolute Gasteiger partial charge is 0.387 e. The molecule has 210 valence electrons. The van der Waals surface area contributed by atoms with Gasteiger partial charge in [0.1, 0.15) is 24.1 Å². The fourth-order valence-corrected chi connectivity index (χ4v) is 6.78. The number of phosphoric acid groups is 1. The Morgan fingerprint density at radius 2 is 1.82 bits per heavy atom. The number of hydrogen-bond acceptors (Lipinski definition) is 10. The number of phosphoric ester groups is 1. The molecule has 5 N–H and O–H groups in total. The lowest BCUT2D eigenvalue weighted by molar-refractivity contribution is -0.115. The van der Waals surface area contributed by atoms with Crippen LogP contribution in [-0.4, -0.2) is 60.4 Å². The van der Waals surface area contributed by atoms with Crippen molar-refractivity contribution in [2.45, 2.75) is 44.0 Å². The summed E-state index contributed by atoms with van der Waals surface area (Å²) in [6.07, 6.45) is -5.43. The van der Waals surface area contributed by atoms with Gasteiger partial charge in [0, 0.05) is 12.6 Å². The highest BCUT2D eigenvalue weighted by Crippen LogP contribution is 2.61. The Bertz CT molecular complexity index is 1510. The summed E-state index contributed by atoms with van der Waals surface area (Å²) in [5.74, 6) is -0.393. The lowest BCUT2D eigenvalue weighted by Gasteiger charge is -2.20. The number of nitrogens with zero attached hydrogens (tertiary/aromatic N) is 2. The zero-order valence-corrected chi connectivity index (χ0v) is 22.4. The van der Waals surface area contributed by atoms with E-state index in [1.165, 1.54) is 12.3 Å². The van der Waals surface area contributed by atoms with Gasteiger partial charge in [-0.2, -0.15) is 4.98 Å². The topological polar surface area (TPSA) is 207 Å². The Kier molecular flexibility index (Phi) is 8.82. The van der Waals surface area contributed by atoms with Crippen LogP contribution in [-0.2, 0) is 33.7 Å². The van der Waals surface area contributed by atoms with Crippen LogP contribution in [0.1, 0.15) is 25.1 Å². The van der Waals surface area contributed by atoms with E-state index in [2.05, 4.69) is 14.6 Å². The molecular formula is C23H27N3O11P2. The molecule has 16 heteroatoms. The number of fused-ring (bicyclic) bond motifs is 1. The van der Waals surface area contributed by atoms with E-state index in [-0.39, 0.29) is 18.1 Å². The SMILES string of the molecule is CCC(=O)Nc1ccn(C2OC(COP(=O)(O)OP(=O)(O)Cc3cccc4ccccc34)C(O)C2O)c(=O)n1. The maximum Gasteiger partial charge on any atom is 0.479 e. The predicted octanol–water partition coefficient (Wildman–Crippen LogP) is 1.88. The lowest BCUT2D eigenvalue weighted by atomic mass is 10.1. The number of benzene rings is 2. The number of carbonyl (C=O) groups excluding carboxylic acids is 1. The van der Waals surface area contributed by atoms with Gasteiger partial charge in [-0.1, -0.05) is 49.4 Å².